The van der Waals surface area contributed by atoms with Gasteiger partial charge in [-0.3, -0.25) is 9.36 Å². The molecule has 0 aliphatic heterocycles. The zero-order chi connectivity index (χ0) is 25.0. The van der Waals surface area contributed by atoms with Crippen molar-refractivity contribution < 1.29 is 4.79 Å². The van der Waals surface area contributed by atoms with Gasteiger partial charge in [0.25, 0.3) is 5.91 Å². The van der Waals surface area contributed by atoms with Gasteiger partial charge in [-0.25, -0.2) is 0 Å². The van der Waals surface area contributed by atoms with Gasteiger partial charge in [0.05, 0.1) is 6.54 Å². The van der Waals surface area contributed by atoms with Gasteiger partial charge in [-0.2, -0.15) is 0 Å². The van der Waals surface area contributed by atoms with Crippen molar-refractivity contribution in [1.29, 1.82) is 0 Å². The number of hydrogen-bond acceptors (Lipinski definition) is 4. The lowest BCUT2D eigenvalue weighted by Gasteiger charge is -2.19. The Balaban J connectivity index is 1.53. The number of nitrogens with one attached hydrogen (secondary N) is 1. The Morgan fingerprint density at radius 3 is 2.09 bits per heavy atom. The van der Waals surface area contributed by atoms with Gasteiger partial charge in [0, 0.05) is 25.9 Å². The van der Waals surface area contributed by atoms with Gasteiger partial charge in [0.2, 0.25) is 0 Å². The highest BCUT2D eigenvalue weighted by Crippen LogP contribution is 2.27. The molecule has 35 heavy (non-hydrogen) atoms. The predicted molar refractivity (Wildman–Crippen MR) is 149 cm³/mol. The van der Waals surface area contributed by atoms with Crippen LogP contribution in [0.5, 0.6) is 0 Å². The molecule has 5 nitrogen and oxygen atoms in total. The van der Waals surface area contributed by atoms with E-state index >= 15 is 0 Å². The molecule has 0 radical (unpaired) electrons. The van der Waals surface area contributed by atoms with Crippen LogP contribution in [0.15, 0.2) is 86.9 Å². The van der Waals surface area contributed by atoms with E-state index in [9.17, 15) is 4.79 Å². The summed E-state index contributed by atoms with van der Waals surface area (Å²) in [6, 6.07) is 24.0. The number of carbonyl (C=O) groups is 1. The first kappa shape index (κ1) is 25.7. The smallest absolute Gasteiger partial charge is 0.251 e. The SMILES string of the molecule is CC(C)(C)c1ccc(C(=O)NCc2nnc(SCc3ccc(Br)cc3)n2-c2ccc(Br)cc2)cc1. The van der Waals surface area contributed by atoms with E-state index < -0.39 is 0 Å². The van der Waals surface area contributed by atoms with Crippen LogP contribution < -0.4 is 5.32 Å². The number of carbonyl (C=O) groups excluding carboxylic acids is 1. The van der Waals surface area contributed by atoms with E-state index in [1.807, 2.05) is 65.2 Å². The predicted octanol–water partition coefficient (Wildman–Crippen LogP) is 7.31. The van der Waals surface area contributed by atoms with E-state index in [1.165, 1.54) is 11.1 Å². The molecule has 8 heteroatoms. The number of aromatic nitrogens is 3. The number of amides is 1. The van der Waals surface area contributed by atoms with Crippen molar-refractivity contribution in [2.24, 2.45) is 0 Å². The van der Waals surface area contributed by atoms with E-state index in [1.54, 1.807) is 11.8 Å². The highest BCUT2D eigenvalue weighted by molar-refractivity contribution is 9.10. The van der Waals surface area contributed by atoms with Crippen molar-refractivity contribution in [3.8, 4) is 5.69 Å². The van der Waals surface area contributed by atoms with Crippen molar-refractivity contribution in [2.75, 3.05) is 0 Å². The third-order valence-corrected chi connectivity index (χ3v) is 7.54. The molecular weight excluding hydrogens is 588 g/mol. The van der Waals surface area contributed by atoms with Crippen molar-refractivity contribution in [3.05, 3.63) is 104 Å². The molecule has 1 aromatic heterocycles. The minimum absolute atomic E-state index is 0.0421. The highest BCUT2D eigenvalue weighted by Gasteiger charge is 2.17. The lowest BCUT2D eigenvalue weighted by molar-refractivity contribution is 0.0949. The monoisotopic (exact) mass is 612 g/mol. The van der Waals surface area contributed by atoms with Crippen LogP contribution in [0, 0.1) is 0 Å². The lowest BCUT2D eigenvalue weighted by Crippen LogP contribution is -2.25. The summed E-state index contributed by atoms with van der Waals surface area (Å²) >= 11 is 8.59. The second-order valence-corrected chi connectivity index (χ2v) is 11.9. The molecule has 1 N–H and O–H groups in total. The molecular formula is C27H26Br2N4OS. The molecule has 4 aromatic rings. The fourth-order valence-corrected chi connectivity index (χ4v) is 4.92. The van der Waals surface area contributed by atoms with Crippen LogP contribution in [0.4, 0.5) is 0 Å². The second-order valence-electron chi connectivity index (χ2n) is 9.14. The number of rotatable bonds is 7. The third kappa shape index (κ3) is 6.63. The van der Waals surface area contributed by atoms with Crippen molar-refractivity contribution >= 4 is 49.5 Å². The van der Waals surface area contributed by atoms with Gasteiger partial charge in [0.1, 0.15) is 0 Å². The topological polar surface area (TPSA) is 59.8 Å². The summed E-state index contributed by atoms with van der Waals surface area (Å²) in [7, 11) is 0. The van der Waals surface area contributed by atoms with Crippen LogP contribution in [-0.4, -0.2) is 20.7 Å². The van der Waals surface area contributed by atoms with Crippen LogP contribution >= 0.6 is 43.6 Å². The third-order valence-electron chi connectivity index (χ3n) is 5.49. The molecule has 4 rings (SSSR count). The Morgan fingerprint density at radius 1 is 0.886 bits per heavy atom. The molecule has 0 spiro atoms. The molecule has 0 aliphatic carbocycles. The van der Waals surface area contributed by atoms with Gasteiger partial charge in [0.15, 0.2) is 11.0 Å². The first-order chi connectivity index (χ1) is 16.7. The number of nitrogens with zero attached hydrogens (tertiary/aromatic N) is 3. The lowest BCUT2D eigenvalue weighted by atomic mass is 9.87. The Bertz CT molecular complexity index is 1300. The molecule has 0 fully saturated rings. The summed E-state index contributed by atoms with van der Waals surface area (Å²) in [5.74, 6) is 1.29. The fourth-order valence-electron chi connectivity index (χ4n) is 3.47. The zero-order valence-electron chi connectivity index (χ0n) is 19.8. The standard InChI is InChI=1S/C27H26Br2N4OS/c1-27(2,3)20-8-6-19(7-9-20)25(34)30-16-24-31-32-26(33(24)23-14-12-22(29)13-15-23)35-17-18-4-10-21(28)11-5-18/h4-15H,16-17H2,1-3H3,(H,30,34). The number of halogens is 2. The summed E-state index contributed by atoms with van der Waals surface area (Å²) < 4.78 is 4.04. The van der Waals surface area contributed by atoms with E-state index in [0.717, 1.165) is 25.5 Å². The van der Waals surface area contributed by atoms with Crippen LogP contribution in [-0.2, 0) is 17.7 Å². The van der Waals surface area contributed by atoms with Gasteiger partial charge in [-0.05, 0) is 65.1 Å². The molecule has 1 amide bonds. The number of hydrogen-bond donors (Lipinski definition) is 1. The van der Waals surface area contributed by atoms with E-state index in [0.29, 0.717) is 11.4 Å². The number of benzene rings is 3. The molecule has 1 heterocycles. The van der Waals surface area contributed by atoms with Crippen molar-refractivity contribution in [1.82, 2.24) is 20.1 Å². The Morgan fingerprint density at radius 2 is 1.49 bits per heavy atom. The van der Waals surface area contributed by atoms with Crippen LogP contribution in [0.25, 0.3) is 5.69 Å². The normalized spacial score (nSPS) is 11.5. The average Bonchev–Trinajstić information content (AvgIpc) is 3.25. The molecule has 180 valence electrons. The van der Waals surface area contributed by atoms with Gasteiger partial charge in [-0.1, -0.05) is 88.7 Å². The number of thioether (sulfide) groups is 1. The molecule has 0 unspecified atom stereocenters. The first-order valence-corrected chi connectivity index (χ1v) is 13.7. The minimum atomic E-state index is -0.139. The van der Waals surface area contributed by atoms with Crippen LogP contribution in [0.3, 0.4) is 0 Å². The minimum Gasteiger partial charge on any atom is -0.345 e. The summed E-state index contributed by atoms with van der Waals surface area (Å²) in [4.78, 5) is 12.8. The molecule has 0 saturated heterocycles. The Labute approximate surface area is 227 Å². The quantitative estimate of drug-likeness (QED) is 0.222. The molecule has 3 aromatic carbocycles. The van der Waals surface area contributed by atoms with Crippen molar-refractivity contribution in [3.63, 3.8) is 0 Å². The Kier molecular flexibility index (Phi) is 8.14. The molecule has 0 atom stereocenters. The van der Waals surface area contributed by atoms with Gasteiger partial charge in [-0.15, -0.1) is 10.2 Å². The molecule has 0 bridgehead atoms. The van der Waals surface area contributed by atoms with Crippen LogP contribution in [0.1, 0.15) is 48.1 Å². The maximum atomic E-state index is 12.8. The van der Waals surface area contributed by atoms with Crippen molar-refractivity contribution in [2.45, 2.75) is 43.6 Å². The average molecular weight is 614 g/mol. The van der Waals surface area contributed by atoms with E-state index in [-0.39, 0.29) is 17.9 Å². The van der Waals surface area contributed by atoms with E-state index in [2.05, 4.69) is 80.3 Å². The first-order valence-electron chi connectivity index (χ1n) is 11.2. The van der Waals surface area contributed by atoms with Gasteiger partial charge >= 0.3 is 0 Å². The Hall–Kier alpha value is -2.42. The maximum Gasteiger partial charge on any atom is 0.251 e. The van der Waals surface area contributed by atoms with E-state index in [4.69, 9.17) is 0 Å². The second kappa shape index (κ2) is 11.1. The maximum absolute atomic E-state index is 12.8. The molecule has 0 aliphatic rings. The summed E-state index contributed by atoms with van der Waals surface area (Å²) in [6.45, 7) is 6.73. The molecule has 0 saturated carbocycles. The highest BCUT2D eigenvalue weighted by atomic mass is 79.9. The zero-order valence-corrected chi connectivity index (χ0v) is 23.7. The fraction of sp³-hybridized carbons (Fsp3) is 0.222. The summed E-state index contributed by atoms with van der Waals surface area (Å²) in [5.41, 5.74) is 3.99. The summed E-state index contributed by atoms with van der Waals surface area (Å²) in [6.07, 6.45) is 0. The van der Waals surface area contributed by atoms with Crippen LogP contribution in [0.2, 0.25) is 0 Å². The van der Waals surface area contributed by atoms with Gasteiger partial charge < -0.3 is 5.32 Å². The summed E-state index contributed by atoms with van der Waals surface area (Å²) in [5, 5.41) is 12.6. The largest absolute Gasteiger partial charge is 0.345 e.